The fourth-order valence-electron chi connectivity index (χ4n) is 2.48. The molecule has 4 heteroatoms. The van der Waals surface area contributed by atoms with Crippen molar-refractivity contribution in [3.05, 3.63) is 16.1 Å². The number of hydrogen-bond donors (Lipinski definition) is 1. The molecule has 1 N–H and O–H groups in total. The standard InChI is InChI=1S/C14H24N2OS/c1-14(2,3)12-10-18-13(15-12)9-16-7-4-5-11(16)6-8-17/h10-11,17H,4-9H2,1-3H3. The molecule has 0 spiro atoms. The molecule has 1 aromatic rings. The number of thiazole rings is 1. The van der Waals surface area contributed by atoms with Crippen LogP contribution >= 0.6 is 11.3 Å². The van der Waals surface area contributed by atoms with E-state index in [0.717, 1.165) is 19.5 Å². The van der Waals surface area contributed by atoms with Gasteiger partial charge in [0.2, 0.25) is 0 Å². The topological polar surface area (TPSA) is 36.4 Å². The number of rotatable bonds is 4. The summed E-state index contributed by atoms with van der Waals surface area (Å²) in [7, 11) is 0. The third-order valence-electron chi connectivity index (χ3n) is 3.62. The van der Waals surface area contributed by atoms with Crippen LogP contribution < -0.4 is 0 Å². The Hall–Kier alpha value is -0.450. The van der Waals surface area contributed by atoms with Crippen LogP contribution in [-0.4, -0.2) is 34.2 Å². The molecule has 2 heterocycles. The van der Waals surface area contributed by atoms with Gasteiger partial charge in [0, 0.05) is 23.4 Å². The minimum Gasteiger partial charge on any atom is -0.396 e. The van der Waals surface area contributed by atoms with E-state index in [1.807, 2.05) is 0 Å². The fourth-order valence-corrected chi connectivity index (χ4v) is 3.53. The second kappa shape index (κ2) is 5.68. The Balaban J connectivity index is 1.99. The highest BCUT2D eigenvalue weighted by molar-refractivity contribution is 7.09. The summed E-state index contributed by atoms with van der Waals surface area (Å²) in [6, 6.07) is 0.553. The Morgan fingerprint density at radius 3 is 2.89 bits per heavy atom. The summed E-state index contributed by atoms with van der Waals surface area (Å²) in [6.07, 6.45) is 3.37. The second-order valence-electron chi connectivity index (χ2n) is 6.16. The molecule has 1 aromatic heterocycles. The van der Waals surface area contributed by atoms with Crippen LogP contribution in [0, 0.1) is 0 Å². The molecule has 2 rings (SSSR count). The molecule has 0 saturated carbocycles. The predicted molar refractivity (Wildman–Crippen MR) is 75.9 cm³/mol. The van der Waals surface area contributed by atoms with Crippen molar-refractivity contribution in [1.82, 2.24) is 9.88 Å². The first kappa shape index (κ1) is 14.0. The number of hydrogen-bond acceptors (Lipinski definition) is 4. The lowest BCUT2D eigenvalue weighted by molar-refractivity contribution is 0.189. The molecule has 0 bridgehead atoms. The molecule has 0 aromatic carbocycles. The van der Waals surface area contributed by atoms with Crippen molar-refractivity contribution < 1.29 is 5.11 Å². The Labute approximate surface area is 114 Å². The van der Waals surface area contributed by atoms with Gasteiger partial charge in [-0.2, -0.15) is 0 Å². The zero-order chi connectivity index (χ0) is 13.2. The second-order valence-corrected chi connectivity index (χ2v) is 7.10. The Morgan fingerprint density at radius 1 is 1.50 bits per heavy atom. The number of aliphatic hydroxyl groups excluding tert-OH is 1. The minimum absolute atomic E-state index is 0.143. The van der Waals surface area contributed by atoms with Crippen LogP contribution in [0.5, 0.6) is 0 Å². The molecule has 0 radical (unpaired) electrons. The van der Waals surface area contributed by atoms with Crippen LogP contribution in [0.3, 0.4) is 0 Å². The van der Waals surface area contributed by atoms with Crippen molar-refractivity contribution in [2.45, 2.75) is 58.0 Å². The maximum atomic E-state index is 9.08. The minimum atomic E-state index is 0.143. The van der Waals surface area contributed by atoms with Crippen LogP contribution in [0.15, 0.2) is 5.38 Å². The van der Waals surface area contributed by atoms with Gasteiger partial charge in [0.1, 0.15) is 5.01 Å². The molecule has 0 aliphatic carbocycles. The van der Waals surface area contributed by atoms with Gasteiger partial charge in [0.15, 0.2) is 0 Å². The average Bonchev–Trinajstić information content (AvgIpc) is 2.89. The van der Waals surface area contributed by atoms with Crippen molar-refractivity contribution in [3.8, 4) is 0 Å². The monoisotopic (exact) mass is 268 g/mol. The summed E-state index contributed by atoms with van der Waals surface area (Å²) in [4.78, 5) is 7.23. The molecule has 1 saturated heterocycles. The summed E-state index contributed by atoms with van der Waals surface area (Å²) in [5.74, 6) is 0. The van der Waals surface area contributed by atoms with Crippen LogP contribution in [-0.2, 0) is 12.0 Å². The van der Waals surface area contributed by atoms with E-state index in [2.05, 4.69) is 31.1 Å². The number of likely N-dealkylation sites (tertiary alicyclic amines) is 1. The van der Waals surface area contributed by atoms with Crippen molar-refractivity contribution in [3.63, 3.8) is 0 Å². The quantitative estimate of drug-likeness (QED) is 0.912. The molecule has 1 aliphatic rings. The van der Waals surface area contributed by atoms with Crippen molar-refractivity contribution in [2.75, 3.05) is 13.2 Å². The maximum Gasteiger partial charge on any atom is 0.107 e. The summed E-state index contributed by atoms with van der Waals surface area (Å²) in [5.41, 5.74) is 1.34. The summed E-state index contributed by atoms with van der Waals surface area (Å²) in [5, 5.41) is 12.5. The lowest BCUT2D eigenvalue weighted by Gasteiger charge is -2.22. The summed E-state index contributed by atoms with van der Waals surface area (Å²) < 4.78 is 0. The normalized spacial score (nSPS) is 21.7. The van der Waals surface area contributed by atoms with Crippen molar-refractivity contribution in [2.24, 2.45) is 0 Å². The third-order valence-corrected chi connectivity index (χ3v) is 4.45. The molecule has 1 fully saturated rings. The molecule has 18 heavy (non-hydrogen) atoms. The zero-order valence-corrected chi connectivity index (χ0v) is 12.5. The van der Waals surface area contributed by atoms with Gasteiger partial charge in [-0.15, -0.1) is 11.3 Å². The SMILES string of the molecule is CC(C)(C)c1csc(CN2CCCC2CCO)n1. The molecular weight excluding hydrogens is 244 g/mol. The van der Waals surface area contributed by atoms with E-state index in [-0.39, 0.29) is 5.41 Å². The van der Waals surface area contributed by atoms with Gasteiger partial charge in [0.05, 0.1) is 12.2 Å². The van der Waals surface area contributed by atoms with Gasteiger partial charge in [-0.05, 0) is 25.8 Å². The highest BCUT2D eigenvalue weighted by atomic mass is 32.1. The van der Waals surface area contributed by atoms with Crippen LogP contribution in [0.4, 0.5) is 0 Å². The van der Waals surface area contributed by atoms with Crippen LogP contribution in [0.1, 0.15) is 50.7 Å². The Bertz CT molecular complexity index is 383. The Kier molecular flexibility index (Phi) is 4.41. The number of aliphatic hydroxyl groups is 1. The highest BCUT2D eigenvalue weighted by Crippen LogP contribution is 2.27. The molecule has 102 valence electrons. The largest absolute Gasteiger partial charge is 0.396 e. The van der Waals surface area contributed by atoms with Crippen molar-refractivity contribution in [1.29, 1.82) is 0 Å². The third kappa shape index (κ3) is 3.31. The fraction of sp³-hybridized carbons (Fsp3) is 0.786. The zero-order valence-electron chi connectivity index (χ0n) is 11.6. The molecule has 3 nitrogen and oxygen atoms in total. The van der Waals surface area contributed by atoms with Gasteiger partial charge in [0.25, 0.3) is 0 Å². The lowest BCUT2D eigenvalue weighted by atomic mass is 9.93. The smallest absolute Gasteiger partial charge is 0.107 e. The molecule has 1 unspecified atom stereocenters. The van der Waals surface area contributed by atoms with E-state index >= 15 is 0 Å². The summed E-state index contributed by atoms with van der Waals surface area (Å²) in [6.45, 7) is 9.01. The van der Waals surface area contributed by atoms with Gasteiger partial charge in [-0.25, -0.2) is 4.98 Å². The maximum absolute atomic E-state index is 9.08. The molecule has 1 atom stereocenters. The number of aromatic nitrogens is 1. The van der Waals surface area contributed by atoms with E-state index in [0.29, 0.717) is 12.6 Å². The first-order chi connectivity index (χ1) is 8.50. The van der Waals surface area contributed by atoms with Gasteiger partial charge < -0.3 is 5.11 Å². The van der Waals surface area contributed by atoms with Gasteiger partial charge >= 0.3 is 0 Å². The molecule has 1 aliphatic heterocycles. The highest BCUT2D eigenvalue weighted by Gasteiger charge is 2.25. The lowest BCUT2D eigenvalue weighted by Crippen LogP contribution is -2.29. The van der Waals surface area contributed by atoms with E-state index in [4.69, 9.17) is 10.1 Å². The predicted octanol–water partition coefficient (Wildman–Crippen LogP) is 2.79. The van der Waals surface area contributed by atoms with E-state index in [1.54, 1.807) is 11.3 Å². The van der Waals surface area contributed by atoms with Crippen LogP contribution in [0.25, 0.3) is 0 Å². The first-order valence-corrected chi connectivity index (χ1v) is 7.68. The summed E-state index contributed by atoms with van der Waals surface area (Å²) >= 11 is 1.77. The average molecular weight is 268 g/mol. The van der Waals surface area contributed by atoms with E-state index in [1.165, 1.54) is 23.5 Å². The van der Waals surface area contributed by atoms with E-state index in [9.17, 15) is 0 Å². The van der Waals surface area contributed by atoms with Gasteiger partial charge in [-0.3, -0.25) is 4.90 Å². The van der Waals surface area contributed by atoms with Gasteiger partial charge in [-0.1, -0.05) is 20.8 Å². The van der Waals surface area contributed by atoms with Crippen LogP contribution in [0.2, 0.25) is 0 Å². The van der Waals surface area contributed by atoms with Crippen molar-refractivity contribution >= 4 is 11.3 Å². The molecule has 0 amide bonds. The van der Waals surface area contributed by atoms with E-state index < -0.39 is 0 Å². The Morgan fingerprint density at radius 2 is 2.28 bits per heavy atom. The molecular formula is C14H24N2OS. The first-order valence-electron chi connectivity index (χ1n) is 6.80. The number of nitrogens with zero attached hydrogens (tertiary/aromatic N) is 2.